The van der Waals surface area contributed by atoms with Gasteiger partial charge in [0.1, 0.15) is 0 Å². The Kier molecular flexibility index (Phi) is 7.18. The van der Waals surface area contributed by atoms with Crippen LogP contribution in [-0.2, 0) is 14.3 Å². The number of carbonyl (C=O) groups excluding carboxylic acids is 4. The number of urea groups is 1. The highest BCUT2D eigenvalue weighted by Crippen LogP contribution is 2.25. The first-order chi connectivity index (χ1) is 14.5. The van der Waals surface area contributed by atoms with Gasteiger partial charge in [-0.3, -0.25) is 19.7 Å². The third kappa shape index (κ3) is 5.24. The van der Waals surface area contributed by atoms with Gasteiger partial charge in [-0.25, -0.2) is 4.79 Å². The predicted molar refractivity (Wildman–Crippen MR) is 111 cm³/mol. The molecule has 1 aliphatic rings. The number of likely N-dealkylation sites (tertiary alicyclic amines) is 1. The summed E-state index contributed by atoms with van der Waals surface area (Å²) in [5.74, 6) is -1.70. The van der Waals surface area contributed by atoms with Crippen LogP contribution in [-0.4, -0.2) is 48.9 Å². The molecular formula is C21H23N3O5S. The van der Waals surface area contributed by atoms with Crippen molar-refractivity contribution >= 4 is 35.2 Å². The lowest BCUT2D eigenvalue weighted by Crippen LogP contribution is -2.43. The van der Waals surface area contributed by atoms with Crippen LogP contribution >= 0.6 is 11.3 Å². The summed E-state index contributed by atoms with van der Waals surface area (Å²) >= 11 is 1.39. The molecule has 2 N–H and O–H groups in total. The molecular weight excluding hydrogens is 406 g/mol. The molecule has 1 aromatic heterocycles. The number of nitrogens with zero attached hydrogens (tertiary/aromatic N) is 1. The van der Waals surface area contributed by atoms with E-state index in [9.17, 15) is 19.2 Å². The summed E-state index contributed by atoms with van der Waals surface area (Å²) in [4.78, 5) is 51.6. The largest absolute Gasteiger partial charge is 0.447 e. The van der Waals surface area contributed by atoms with Crippen molar-refractivity contribution in [2.24, 2.45) is 5.92 Å². The molecule has 1 unspecified atom stereocenters. The summed E-state index contributed by atoms with van der Waals surface area (Å²) in [6, 6.07) is 11.5. The van der Waals surface area contributed by atoms with Gasteiger partial charge in [0.15, 0.2) is 0 Å². The van der Waals surface area contributed by atoms with Crippen molar-refractivity contribution in [1.82, 2.24) is 15.5 Å². The number of carbonyl (C=O) groups is 4. The summed E-state index contributed by atoms with van der Waals surface area (Å²) in [5.41, 5.74) is 0.470. The van der Waals surface area contributed by atoms with E-state index < -0.39 is 29.9 Å². The van der Waals surface area contributed by atoms with E-state index in [-0.39, 0.29) is 5.91 Å². The Bertz CT molecular complexity index is 893. The molecule has 158 valence electrons. The maximum absolute atomic E-state index is 12.7. The number of hydrogen-bond donors (Lipinski definition) is 2. The molecule has 3 rings (SSSR count). The van der Waals surface area contributed by atoms with Gasteiger partial charge in [0, 0.05) is 25.7 Å². The van der Waals surface area contributed by atoms with Crippen LogP contribution in [0.2, 0.25) is 0 Å². The Hall–Kier alpha value is -3.20. The van der Waals surface area contributed by atoms with Crippen LogP contribution in [0.1, 0.15) is 34.2 Å². The molecule has 4 amide bonds. The van der Waals surface area contributed by atoms with Gasteiger partial charge in [0.05, 0.1) is 10.8 Å². The molecule has 30 heavy (non-hydrogen) atoms. The van der Waals surface area contributed by atoms with Gasteiger partial charge in [0.2, 0.25) is 6.10 Å². The average Bonchev–Trinajstić information content (AvgIpc) is 3.32. The van der Waals surface area contributed by atoms with Gasteiger partial charge >= 0.3 is 12.0 Å². The van der Waals surface area contributed by atoms with Gasteiger partial charge in [-0.15, -0.1) is 11.3 Å². The standard InChI is InChI=1S/C21H23N3O5S/c1-22-21(28)23-18(25)17(14-6-3-2-4-7-14)29-20(27)15-9-11-24(12-10-15)19(26)16-8-5-13-30-16/h2-8,13,15,17H,9-12H2,1H3,(H2,22,23,25,28). The Balaban J connectivity index is 1.62. The summed E-state index contributed by atoms with van der Waals surface area (Å²) in [6.45, 7) is 0.883. The molecule has 1 fully saturated rings. The number of rotatable bonds is 5. The second-order valence-electron chi connectivity index (χ2n) is 6.84. The number of benzene rings is 1. The van der Waals surface area contributed by atoms with Gasteiger partial charge in [-0.05, 0) is 24.3 Å². The maximum Gasteiger partial charge on any atom is 0.321 e. The molecule has 1 aliphatic heterocycles. The lowest BCUT2D eigenvalue weighted by Gasteiger charge is -2.31. The Morgan fingerprint density at radius 3 is 2.37 bits per heavy atom. The molecule has 0 spiro atoms. The third-order valence-electron chi connectivity index (χ3n) is 4.89. The van der Waals surface area contributed by atoms with Crippen molar-refractivity contribution in [3.63, 3.8) is 0 Å². The van der Waals surface area contributed by atoms with Crippen molar-refractivity contribution in [1.29, 1.82) is 0 Å². The van der Waals surface area contributed by atoms with Crippen LogP contribution in [0.5, 0.6) is 0 Å². The summed E-state index contributed by atoms with van der Waals surface area (Å²) in [7, 11) is 1.39. The SMILES string of the molecule is CNC(=O)NC(=O)C(OC(=O)C1CCN(C(=O)c2cccs2)CC1)c1ccccc1. The number of imide groups is 1. The smallest absolute Gasteiger partial charge is 0.321 e. The molecule has 8 nitrogen and oxygen atoms in total. The van der Waals surface area contributed by atoms with Crippen LogP contribution in [0.25, 0.3) is 0 Å². The van der Waals surface area contributed by atoms with Crippen molar-refractivity contribution in [2.45, 2.75) is 18.9 Å². The second-order valence-corrected chi connectivity index (χ2v) is 7.79. The Labute approximate surface area is 178 Å². The topological polar surface area (TPSA) is 105 Å². The van der Waals surface area contributed by atoms with E-state index in [1.54, 1.807) is 41.3 Å². The number of amides is 4. The number of ether oxygens (including phenoxy) is 1. The highest BCUT2D eigenvalue weighted by Gasteiger charge is 2.33. The zero-order chi connectivity index (χ0) is 21.5. The van der Waals surface area contributed by atoms with Crippen LogP contribution in [0.15, 0.2) is 47.8 Å². The Morgan fingerprint density at radius 2 is 1.77 bits per heavy atom. The number of thiophene rings is 1. The highest BCUT2D eigenvalue weighted by molar-refractivity contribution is 7.12. The first-order valence-electron chi connectivity index (χ1n) is 9.60. The molecule has 1 saturated heterocycles. The van der Waals surface area contributed by atoms with Crippen molar-refractivity contribution in [3.8, 4) is 0 Å². The zero-order valence-electron chi connectivity index (χ0n) is 16.5. The summed E-state index contributed by atoms with van der Waals surface area (Å²) in [6.07, 6.45) is -0.329. The average molecular weight is 429 g/mol. The minimum absolute atomic E-state index is 0.0380. The fourth-order valence-corrected chi connectivity index (χ4v) is 3.92. The molecule has 1 aromatic carbocycles. The molecule has 9 heteroatoms. The molecule has 1 atom stereocenters. The predicted octanol–water partition coefficient (Wildman–Crippen LogP) is 2.34. The summed E-state index contributed by atoms with van der Waals surface area (Å²) < 4.78 is 5.52. The quantitative estimate of drug-likeness (QED) is 0.710. The highest BCUT2D eigenvalue weighted by atomic mass is 32.1. The number of hydrogen-bond acceptors (Lipinski definition) is 6. The van der Waals surface area contributed by atoms with E-state index >= 15 is 0 Å². The van der Waals surface area contributed by atoms with E-state index in [0.29, 0.717) is 36.4 Å². The lowest BCUT2D eigenvalue weighted by atomic mass is 9.96. The summed E-state index contributed by atoms with van der Waals surface area (Å²) in [5, 5.41) is 6.31. The fraction of sp³-hybridized carbons (Fsp3) is 0.333. The van der Waals surface area contributed by atoms with Crippen molar-refractivity contribution < 1.29 is 23.9 Å². The van der Waals surface area contributed by atoms with Crippen molar-refractivity contribution in [3.05, 3.63) is 58.3 Å². The number of nitrogens with one attached hydrogen (secondary N) is 2. The van der Waals surface area contributed by atoms with Gasteiger partial charge in [-0.1, -0.05) is 36.4 Å². The maximum atomic E-state index is 12.7. The van der Waals surface area contributed by atoms with E-state index in [1.165, 1.54) is 18.4 Å². The van der Waals surface area contributed by atoms with Gasteiger partial charge < -0.3 is 15.0 Å². The first kappa shape index (κ1) is 21.5. The molecule has 2 aromatic rings. The van der Waals surface area contributed by atoms with Crippen LogP contribution in [0.3, 0.4) is 0 Å². The second kappa shape index (κ2) is 10.0. The number of esters is 1. The van der Waals surface area contributed by atoms with Crippen LogP contribution in [0, 0.1) is 5.92 Å². The minimum atomic E-state index is -1.23. The normalized spacial score (nSPS) is 15.2. The van der Waals surface area contributed by atoms with E-state index in [4.69, 9.17) is 4.74 Å². The van der Waals surface area contributed by atoms with Crippen molar-refractivity contribution in [2.75, 3.05) is 20.1 Å². The van der Waals surface area contributed by atoms with E-state index in [2.05, 4.69) is 10.6 Å². The molecule has 2 heterocycles. The third-order valence-corrected chi connectivity index (χ3v) is 5.74. The van der Waals surface area contributed by atoms with E-state index in [1.807, 2.05) is 11.4 Å². The molecule has 0 aliphatic carbocycles. The molecule has 0 saturated carbocycles. The van der Waals surface area contributed by atoms with Gasteiger partial charge in [0.25, 0.3) is 11.8 Å². The molecule has 0 bridgehead atoms. The fourth-order valence-electron chi connectivity index (χ4n) is 3.23. The van der Waals surface area contributed by atoms with E-state index in [0.717, 1.165) is 0 Å². The Morgan fingerprint density at radius 1 is 1.07 bits per heavy atom. The van der Waals surface area contributed by atoms with Crippen LogP contribution in [0.4, 0.5) is 4.79 Å². The monoisotopic (exact) mass is 429 g/mol. The lowest BCUT2D eigenvalue weighted by molar-refractivity contribution is -0.161. The van der Waals surface area contributed by atoms with Gasteiger partial charge in [-0.2, -0.15) is 0 Å². The number of piperidine rings is 1. The zero-order valence-corrected chi connectivity index (χ0v) is 17.3. The first-order valence-corrected chi connectivity index (χ1v) is 10.5. The minimum Gasteiger partial charge on any atom is -0.447 e. The molecule has 0 radical (unpaired) electrons. The van der Waals surface area contributed by atoms with Crippen LogP contribution < -0.4 is 10.6 Å².